The molecule has 3 nitrogen and oxygen atoms in total. The van der Waals surface area contributed by atoms with Crippen LogP contribution >= 0.6 is 0 Å². The molecule has 0 bridgehead atoms. The van der Waals surface area contributed by atoms with Gasteiger partial charge in [0.1, 0.15) is 5.82 Å². The first-order valence-electron chi connectivity index (χ1n) is 6.33. The van der Waals surface area contributed by atoms with Gasteiger partial charge in [-0.2, -0.15) is 0 Å². The predicted octanol–water partition coefficient (Wildman–Crippen LogP) is 2.36. The third-order valence-corrected chi connectivity index (χ3v) is 3.46. The minimum atomic E-state index is 0.220. The Hall–Kier alpha value is -1.87. The van der Waals surface area contributed by atoms with Crippen LogP contribution in [0.3, 0.4) is 0 Å². The summed E-state index contributed by atoms with van der Waals surface area (Å²) < 4.78 is 0. The van der Waals surface area contributed by atoms with E-state index in [1.165, 1.54) is 5.56 Å². The van der Waals surface area contributed by atoms with E-state index in [0.29, 0.717) is 6.04 Å². The lowest BCUT2D eigenvalue weighted by Gasteiger charge is -2.25. The Morgan fingerprint density at radius 1 is 1.06 bits per heavy atom. The standard InChI is InChI=1S/C15H17N3/c16-13-10-14(12-6-2-1-3-7-12)18(11-13)15-8-4-5-9-17-15/h1-9,13-14H,10-11,16H2/t13-,14-/m1/s1. The predicted molar refractivity (Wildman–Crippen MR) is 73.4 cm³/mol. The zero-order chi connectivity index (χ0) is 12.4. The molecular weight excluding hydrogens is 222 g/mol. The summed E-state index contributed by atoms with van der Waals surface area (Å²) in [5, 5.41) is 0. The van der Waals surface area contributed by atoms with Crippen molar-refractivity contribution in [3.05, 3.63) is 60.3 Å². The number of rotatable bonds is 2. The normalized spacial score (nSPS) is 23.3. The van der Waals surface area contributed by atoms with Crippen molar-refractivity contribution >= 4 is 5.82 Å². The van der Waals surface area contributed by atoms with Crippen LogP contribution in [0.15, 0.2) is 54.7 Å². The van der Waals surface area contributed by atoms with E-state index in [0.717, 1.165) is 18.8 Å². The van der Waals surface area contributed by atoms with Gasteiger partial charge in [0.15, 0.2) is 0 Å². The van der Waals surface area contributed by atoms with Crippen molar-refractivity contribution in [3.63, 3.8) is 0 Å². The van der Waals surface area contributed by atoms with Gasteiger partial charge in [-0.25, -0.2) is 4.98 Å². The summed E-state index contributed by atoms with van der Waals surface area (Å²) >= 11 is 0. The van der Waals surface area contributed by atoms with Crippen LogP contribution in [0.25, 0.3) is 0 Å². The molecule has 1 aliphatic heterocycles. The van der Waals surface area contributed by atoms with Crippen molar-refractivity contribution in [2.45, 2.75) is 18.5 Å². The molecule has 0 unspecified atom stereocenters. The minimum absolute atomic E-state index is 0.220. The monoisotopic (exact) mass is 239 g/mol. The summed E-state index contributed by atoms with van der Waals surface area (Å²) in [6.07, 6.45) is 2.82. The molecule has 0 amide bonds. The molecule has 2 atom stereocenters. The zero-order valence-electron chi connectivity index (χ0n) is 10.2. The Kier molecular flexibility index (Phi) is 2.99. The molecule has 1 aliphatic rings. The molecule has 3 rings (SSSR count). The number of pyridine rings is 1. The quantitative estimate of drug-likeness (QED) is 0.874. The lowest BCUT2D eigenvalue weighted by molar-refractivity contribution is 0.677. The topological polar surface area (TPSA) is 42.1 Å². The molecule has 3 heteroatoms. The van der Waals surface area contributed by atoms with Crippen LogP contribution in [0, 0.1) is 0 Å². The fourth-order valence-electron chi connectivity index (χ4n) is 2.64. The zero-order valence-corrected chi connectivity index (χ0v) is 10.2. The Labute approximate surface area is 107 Å². The number of aromatic nitrogens is 1. The Morgan fingerprint density at radius 2 is 1.83 bits per heavy atom. The maximum Gasteiger partial charge on any atom is 0.129 e. The number of anilines is 1. The summed E-state index contributed by atoms with van der Waals surface area (Å²) in [6.45, 7) is 0.872. The van der Waals surface area contributed by atoms with Gasteiger partial charge in [-0.15, -0.1) is 0 Å². The first-order valence-corrected chi connectivity index (χ1v) is 6.33. The second-order valence-electron chi connectivity index (χ2n) is 4.76. The molecule has 1 saturated heterocycles. The first kappa shape index (κ1) is 11.2. The van der Waals surface area contributed by atoms with Gasteiger partial charge >= 0.3 is 0 Å². The summed E-state index contributed by atoms with van der Waals surface area (Å²) in [4.78, 5) is 6.75. The van der Waals surface area contributed by atoms with Gasteiger partial charge < -0.3 is 10.6 Å². The van der Waals surface area contributed by atoms with Crippen LogP contribution in [0.4, 0.5) is 5.82 Å². The Morgan fingerprint density at radius 3 is 2.56 bits per heavy atom. The Balaban J connectivity index is 1.93. The maximum absolute atomic E-state index is 6.12. The van der Waals surface area contributed by atoms with Crippen LogP contribution in [0.2, 0.25) is 0 Å². The fraction of sp³-hybridized carbons (Fsp3) is 0.267. The third-order valence-electron chi connectivity index (χ3n) is 3.46. The molecule has 2 heterocycles. The van der Waals surface area contributed by atoms with Crippen molar-refractivity contribution in [2.75, 3.05) is 11.4 Å². The van der Waals surface area contributed by atoms with Gasteiger partial charge in [-0.1, -0.05) is 36.4 Å². The molecule has 2 aromatic rings. The highest BCUT2D eigenvalue weighted by Crippen LogP contribution is 2.34. The average Bonchev–Trinajstić information content (AvgIpc) is 2.83. The number of hydrogen-bond donors (Lipinski definition) is 1. The van der Waals surface area contributed by atoms with Gasteiger partial charge in [0.05, 0.1) is 6.04 Å². The molecule has 1 aromatic heterocycles. The van der Waals surface area contributed by atoms with E-state index in [1.54, 1.807) is 0 Å². The largest absolute Gasteiger partial charge is 0.348 e. The lowest BCUT2D eigenvalue weighted by Crippen LogP contribution is -2.27. The summed E-state index contributed by atoms with van der Waals surface area (Å²) in [7, 11) is 0. The van der Waals surface area contributed by atoms with Crippen molar-refractivity contribution in [3.8, 4) is 0 Å². The van der Waals surface area contributed by atoms with Crippen molar-refractivity contribution in [1.29, 1.82) is 0 Å². The molecular formula is C15H17N3. The van der Waals surface area contributed by atoms with Gasteiger partial charge in [0, 0.05) is 18.8 Å². The highest BCUT2D eigenvalue weighted by molar-refractivity contribution is 5.44. The van der Waals surface area contributed by atoms with E-state index in [4.69, 9.17) is 5.73 Å². The molecule has 0 radical (unpaired) electrons. The molecule has 2 N–H and O–H groups in total. The van der Waals surface area contributed by atoms with E-state index in [9.17, 15) is 0 Å². The summed E-state index contributed by atoms with van der Waals surface area (Å²) in [6, 6.07) is 17.1. The molecule has 0 saturated carbocycles. The van der Waals surface area contributed by atoms with Crippen LogP contribution in [-0.4, -0.2) is 17.6 Å². The first-order chi connectivity index (χ1) is 8.84. The van der Waals surface area contributed by atoms with E-state index in [2.05, 4.69) is 34.1 Å². The van der Waals surface area contributed by atoms with Gasteiger partial charge in [0.25, 0.3) is 0 Å². The highest BCUT2D eigenvalue weighted by atomic mass is 15.2. The van der Waals surface area contributed by atoms with Crippen LogP contribution in [0.1, 0.15) is 18.0 Å². The highest BCUT2D eigenvalue weighted by Gasteiger charge is 2.31. The second-order valence-corrected chi connectivity index (χ2v) is 4.76. The van der Waals surface area contributed by atoms with Gasteiger partial charge in [-0.05, 0) is 24.1 Å². The van der Waals surface area contributed by atoms with E-state index >= 15 is 0 Å². The molecule has 0 spiro atoms. The molecule has 92 valence electrons. The number of nitrogens with zero attached hydrogens (tertiary/aromatic N) is 2. The summed E-state index contributed by atoms with van der Waals surface area (Å²) in [5.74, 6) is 1.01. The van der Waals surface area contributed by atoms with E-state index in [-0.39, 0.29) is 6.04 Å². The maximum atomic E-state index is 6.12. The fourth-order valence-corrected chi connectivity index (χ4v) is 2.64. The second kappa shape index (κ2) is 4.78. The number of nitrogens with two attached hydrogens (primary N) is 1. The number of hydrogen-bond acceptors (Lipinski definition) is 3. The number of benzene rings is 1. The molecule has 0 aliphatic carbocycles. The van der Waals surface area contributed by atoms with Crippen molar-refractivity contribution in [2.24, 2.45) is 5.73 Å². The van der Waals surface area contributed by atoms with Crippen LogP contribution in [-0.2, 0) is 0 Å². The average molecular weight is 239 g/mol. The Bertz CT molecular complexity index is 450. The van der Waals surface area contributed by atoms with Gasteiger partial charge in [0.2, 0.25) is 0 Å². The van der Waals surface area contributed by atoms with Gasteiger partial charge in [-0.3, -0.25) is 0 Å². The van der Waals surface area contributed by atoms with Crippen LogP contribution < -0.4 is 10.6 Å². The van der Waals surface area contributed by atoms with Crippen molar-refractivity contribution in [1.82, 2.24) is 4.98 Å². The molecule has 1 aromatic carbocycles. The van der Waals surface area contributed by atoms with Crippen molar-refractivity contribution < 1.29 is 0 Å². The SMILES string of the molecule is N[C@@H]1C[C@H](c2ccccc2)N(c2ccccn2)C1. The minimum Gasteiger partial charge on any atom is -0.348 e. The molecule has 1 fully saturated rings. The van der Waals surface area contributed by atoms with E-state index < -0.39 is 0 Å². The molecule has 18 heavy (non-hydrogen) atoms. The van der Waals surface area contributed by atoms with Crippen LogP contribution in [0.5, 0.6) is 0 Å². The summed E-state index contributed by atoms with van der Waals surface area (Å²) in [5.41, 5.74) is 7.44. The smallest absolute Gasteiger partial charge is 0.129 e. The van der Waals surface area contributed by atoms with E-state index in [1.807, 2.05) is 30.5 Å². The lowest BCUT2D eigenvalue weighted by atomic mass is 10.0. The third kappa shape index (κ3) is 2.09.